The molecule has 0 aromatic rings. The Balaban J connectivity index is 2.48. The lowest BCUT2D eigenvalue weighted by atomic mass is 10.0. The molecule has 4 nitrogen and oxygen atoms in total. The van der Waals surface area contributed by atoms with E-state index >= 15 is 0 Å². The van der Waals surface area contributed by atoms with Crippen molar-refractivity contribution in [3.63, 3.8) is 0 Å². The minimum atomic E-state index is -2.94. The van der Waals surface area contributed by atoms with Gasteiger partial charge in [0.25, 0.3) is 0 Å². The first-order valence-electron chi connectivity index (χ1n) is 6.40. The van der Waals surface area contributed by atoms with Crippen LogP contribution in [0.1, 0.15) is 26.7 Å². The second-order valence-electron chi connectivity index (χ2n) is 5.32. The van der Waals surface area contributed by atoms with Gasteiger partial charge in [-0.1, -0.05) is 13.8 Å². The van der Waals surface area contributed by atoms with Crippen molar-refractivity contribution >= 4 is 9.84 Å². The predicted molar refractivity (Wildman–Crippen MR) is 69.9 cm³/mol. The molecule has 0 bridgehead atoms. The van der Waals surface area contributed by atoms with Crippen molar-refractivity contribution in [3.8, 4) is 0 Å². The van der Waals surface area contributed by atoms with E-state index in [1.54, 1.807) is 0 Å². The molecule has 1 heterocycles. The minimum absolute atomic E-state index is 0.0367. The number of sulfone groups is 1. The average molecular weight is 263 g/mol. The highest BCUT2D eigenvalue weighted by Crippen LogP contribution is 2.18. The summed E-state index contributed by atoms with van der Waals surface area (Å²) in [5.74, 6) is 1.32. The SMILES string of the molecule is CNC(CS(=O)(=O)CCC(C)C)C1CCOC1. The fourth-order valence-electron chi connectivity index (χ4n) is 2.10. The van der Waals surface area contributed by atoms with E-state index in [1.165, 1.54) is 0 Å². The van der Waals surface area contributed by atoms with Crippen LogP contribution >= 0.6 is 0 Å². The van der Waals surface area contributed by atoms with E-state index < -0.39 is 9.84 Å². The fraction of sp³-hybridized carbons (Fsp3) is 1.00. The van der Waals surface area contributed by atoms with Gasteiger partial charge in [0.05, 0.1) is 18.1 Å². The van der Waals surface area contributed by atoms with Crippen LogP contribution in [0.3, 0.4) is 0 Å². The largest absolute Gasteiger partial charge is 0.381 e. The van der Waals surface area contributed by atoms with E-state index in [9.17, 15) is 8.42 Å². The summed E-state index contributed by atoms with van der Waals surface area (Å²) in [4.78, 5) is 0. The lowest BCUT2D eigenvalue weighted by Crippen LogP contribution is -2.40. The Morgan fingerprint density at radius 1 is 1.41 bits per heavy atom. The fourth-order valence-corrected chi connectivity index (χ4v) is 4.08. The Labute approximate surface area is 105 Å². The van der Waals surface area contributed by atoms with E-state index in [2.05, 4.69) is 19.2 Å². The molecule has 0 saturated carbocycles. The number of nitrogens with one attached hydrogen (secondary N) is 1. The van der Waals surface area contributed by atoms with Crippen molar-refractivity contribution < 1.29 is 13.2 Å². The molecule has 17 heavy (non-hydrogen) atoms. The zero-order chi connectivity index (χ0) is 12.9. The van der Waals surface area contributed by atoms with Crippen LogP contribution < -0.4 is 5.32 Å². The van der Waals surface area contributed by atoms with Gasteiger partial charge in [0.2, 0.25) is 0 Å². The first-order chi connectivity index (χ1) is 7.94. The smallest absolute Gasteiger partial charge is 0.151 e. The molecular weight excluding hydrogens is 238 g/mol. The maximum Gasteiger partial charge on any atom is 0.151 e. The van der Waals surface area contributed by atoms with Gasteiger partial charge in [0.15, 0.2) is 9.84 Å². The summed E-state index contributed by atoms with van der Waals surface area (Å²) in [6.45, 7) is 5.55. The molecule has 0 spiro atoms. The van der Waals surface area contributed by atoms with Crippen molar-refractivity contribution in [2.24, 2.45) is 11.8 Å². The van der Waals surface area contributed by atoms with Gasteiger partial charge in [-0.05, 0) is 25.8 Å². The van der Waals surface area contributed by atoms with E-state index in [0.717, 1.165) is 19.4 Å². The Kier molecular flexibility index (Phi) is 5.89. The molecule has 2 unspecified atom stereocenters. The van der Waals surface area contributed by atoms with E-state index in [-0.39, 0.29) is 11.8 Å². The maximum atomic E-state index is 12.0. The van der Waals surface area contributed by atoms with Crippen LogP contribution in [0.5, 0.6) is 0 Å². The van der Waals surface area contributed by atoms with E-state index in [1.807, 2.05) is 7.05 Å². The van der Waals surface area contributed by atoms with Crippen molar-refractivity contribution in [1.29, 1.82) is 0 Å². The maximum absolute atomic E-state index is 12.0. The Bertz CT molecular complexity index is 308. The average Bonchev–Trinajstić information content (AvgIpc) is 2.77. The lowest BCUT2D eigenvalue weighted by molar-refractivity contribution is 0.179. The van der Waals surface area contributed by atoms with Crippen LogP contribution in [0, 0.1) is 11.8 Å². The predicted octanol–water partition coefficient (Wildman–Crippen LogP) is 1.07. The quantitative estimate of drug-likeness (QED) is 0.746. The summed E-state index contributed by atoms with van der Waals surface area (Å²) < 4.78 is 29.3. The van der Waals surface area contributed by atoms with E-state index in [4.69, 9.17) is 4.74 Å². The molecule has 1 fully saturated rings. The minimum Gasteiger partial charge on any atom is -0.381 e. The number of hydrogen-bond acceptors (Lipinski definition) is 4. The van der Waals surface area contributed by atoms with E-state index in [0.29, 0.717) is 24.2 Å². The van der Waals surface area contributed by atoms with Gasteiger partial charge in [-0.25, -0.2) is 8.42 Å². The van der Waals surface area contributed by atoms with Crippen molar-refractivity contribution in [3.05, 3.63) is 0 Å². The highest BCUT2D eigenvalue weighted by molar-refractivity contribution is 7.91. The molecule has 0 aromatic carbocycles. The summed E-state index contributed by atoms with van der Waals surface area (Å²) in [6.07, 6.45) is 1.71. The molecule has 0 radical (unpaired) electrons. The van der Waals surface area contributed by atoms with Gasteiger partial charge in [0, 0.05) is 18.6 Å². The molecule has 1 rings (SSSR count). The van der Waals surface area contributed by atoms with Crippen molar-refractivity contribution in [1.82, 2.24) is 5.32 Å². The molecular formula is C12H25NO3S. The van der Waals surface area contributed by atoms with Crippen LogP contribution in [0.2, 0.25) is 0 Å². The molecule has 1 aliphatic heterocycles. The monoisotopic (exact) mass is 263 g/mol. The lowest BCUT2D eigenvalue weighted by Gasteiger charge is -2.21. The zero-order valence-corrected chi connectivity index (χ0v) is 11.9. The summed E-state index contributed by atoms with van der Waals surface area (Å²) in [5, 5.41) is 3.13. The van der Waals surface area contributed by atoms with Gasteiger partial charge < -0.3 is 10.1 Å². The van der Waals surface area contributed by atoms with Gasteiger partial charge in [0.1, 0.15) is 0 Å². The van der Waals surface area contributed by atoms with Crippen LogP contribution in [-0.4, -0.2) is 46.2 Å². The molecule has 0 aliphatic carbocycles. The number of rotatable bonds is 7. The third kappa shape index (κ3) is 5.36. The van der Waals surface area contributed by atoms with Crippen molar-refractivity contribution in [2.45, 2.75) is 32.7 Å². The van der Waals surface area contributed by atoms with Crippen molar-refractivity contribution in [2.75, 3.05) is 31.8 Å². The standard InChI is InChI=1S/C12H25NO3S/c1-10(2)5-7-17(14,15)9-12(13-3)11-4-6-16-8-11/h10-13H,4-9H2,1-3H3. The Hall–Kier alpha value is -0.130. The molecule has 0 aromatic heterocycles. The summed E-state index contributed by atoms with van der Waals surface area (Å²) >= 11 is 0. The number of ether oxygens (including phenoxy) is 1. The van der Waals surface area contributed by atoms with Crippen LogP contribution in [0.15, 0.2) is 0 Å². The normalized spacial score (nSPS) is 23.2. The van der Waals surface area contributed by atoms with Gasteiger partial charge >= 0.3 is 0 Å². The van der Waals surface area contributed by atoms with Crippen LogP contribution in [0.4, 0.5) is 0 Å². The summed E-state index contributed by atoms with van der Waals surface area (Å²) in [6, 6.07) is 0.0367. The van der Waals surface area contributed by atoms with Gasteiger partial charge in [-0.2, -0.15) is 0 Å². The highest BCUT2D eigenvalue weighted by atomic mass is 32.2. The molecule has 1 aliphatic rings. The second-order valence-corrected chi connectivity index (χ2v) is 7.54. The first kappa shape index (κ1) is 14.9. The Morgan fingerprint density at radius 2 is 2.12 bits per heavy atom. The second kappa shape index (κ2) is 6.71. The van der Waals surface area contributed by atoms with Crippen LogP contribution in [0.25, 0.3) is 0 Å². The zero-order valence-electron chi connectivity index (χ0n) is 11.1. The molecule has 1 N–H and O–H groups in total. The molecule has 2 atom stereocenters. The van der Waals surface area contributed by atoms with Crippen LogP contribution in [-0.2, 0) is 14.6 Å². The topological polar surface area (TPSA) is 55.4 Å². The third-order valence-electron chi connectivity index (χ3n) is 3.34. The van der Waals surface area contributed by atoms with Gasteiger partial charge in [-0.3, -0.25) is 0 Å². The highest BCUT2D eigenvalue weighted by Gasteiger charge is 2.28. The van der Waals surface area contributed by atoms with Gasteiger partial charge in [-0.15, -0.1) is 0 Å². The first-order valence-corrected chi connectivity index (χ1v) is 8.22. The molecule has 5 heteroatoms. The summed E-state index contributed by atoms with van der Waals surface area (Å²) in [7, 11) is -1.11. The molecule has 0 amide bonds. The molecule has 1 saturated heterocycles. The Morgan fingerprint density at radius 3 is 2.59 bits per heavy atom. The summed E-state index contributed by atoms with van der Waals surface area (Å²) in [5.41, 5.74) is 0. The number of hydrogen-bond donors (Lipinski definition) is 1. The third-order valence-corrected chi connectivity index (χ3v) is 5.07. The molecule has 102 valence electrons.